The van der Waals surface area contributed by atoms with Gasteiger partial charge in [0.25, 0.3) is 0 Å². The van der Waals surface area contributed by atoms with Gasteiger partial charge in [-0.15, -0.1) is 11.3 Å². The Kier molecular flexibility index (Phi) is 7.50. The van der Waals surface area contributed by atoms with Crippen molar-refractivity contribution in [2.45, 2.75) is 57.4 Å². The fourth-order valence-corrected chi connectivity index (χ4v) is 7.10. The van der Waals surface area contributed by atoms with Gasteiger partial charge >= 0.3 is 5.97 Å². The van der Waals surface area contributed by atoms with E-state index in [1.807, 2.05) is 53.9 Å². The Bertz CT molecular complexity index is 1480. The highest BCUT2D eigenvalue weighted by Crippen LogP contribution is 2.42. The average Bonchev–Trinajstić information content (AvgIpc) is 3.43. The van der Waals surface area contributed by atoms with Crippen molar-refractivity contribution in [3.8, 4) is 22.4 Å². The number of fused-ring (bicyclic) bond motifs is 1. The van der Waals surface area contributed by atoms with Gasteiger partial charge in [-0.05, 0) is 36.8 Å². The summed E-state index contributed by atoms with van der Waals surface area (Å²) < 4.78 is 0. The number of aromatic nitrogens is 2. The van der Waals surface area contributed by atoms with Crippen LogP contribution in [0.15, 0.2) is 41.9 Å². The molecule has 2 aromatic heterocycles. The number of carboxylic acid groups (broad SMARTS) is 1. The molecule has 41 heavy (non-hydrogen) atoms. The summed E-state index contributed by atoms with van der Waals surface area (Å²) in [6.07, 6.45) is 8.58. The predicted octanol–water partition coefficient (Wildman–Crippen LogP) is 5.45. The summed E-state index contributed by atoms with van der Waals surface area (Å²) in [5.41, 5.74) is 4.22. The number of rotatable bonds is 9. The quantitative estimate of drug-likeness (QED) is 0.363. The zero-order valence-corrected chi connectivity index (χ0v) is 24.3. The molecule has 1 aromatic carbocycles. The third kappa shape index (κ3) is 5.57. The van der Waals surface area contributed by atoms with E-state index in [1.165, 1.54) is 11.3 Å². The van der Waals surface area contributed by atoms with E-state index in [9.17, 15) is 19.5 Å². The Morgan fingerprint density at radius 1 is 1.12 bits per heavy atom. The third-order valence-electron chi connectivity index (χ3n) is 8.54. The summed E-state index contributed by atoms with van der Waals surface area (Å²) in [5.74, 6) is -0.376. The van der Waals surface area contributed by atoms with Crippen LogP contribution < -0.4 is 14.7 Å². The minimum absolute atomic E-state index is 0.00958. The minimum Gasteiger partial charge on any atom is -0.481 e. The van der Waals surface area contributed by atoms with Crippen molar-refractivity contribution in [3.05, 3.63) is 41.9 Å². The van der Waals surface area contributed by atoms with E-state index in [4.69, 9.17) is 4.98 Å². The van der Waals surface area contributed by atoms with Crippen molar-refractivity contribution in [3.63, 3.8) is 0 Å². The number of carbonyl (C=O) groups is 3. The topological polar surface area (TPSA) is 107 Å². The van der Waals surface area contributed by atoms with Crippen molar-refractivity contribution in [1.29, 1.82) is 0 Å². The van der Waals surface area contributed by atoms with Crippen LogP contribution in [0.3, 0.4) is 0 Å². The summed E-state index contributed by atoms with van der Waals surface area (Å²) in [5, 5.41) is 12.2. The van der Waals surface area contributed by atoms with Crippen LogP contribution in [0.2, 0.25) is 0 Å². The van der Waals surface area contributed by atoms with Gasteiger partial charge in [-0.25, -0.2) is 9.97 Å². The molecule has 2 fully saturated rings. The summed E-state index contributed by atoms with van der Waals surface area (Å²) in [4.78, 5) is 53.0. The standard InChI is InChI=1S/C31H35N5O4S/c1-34-17-27(37)35(2)26-14-21(16-32-29(26)34)23-9-5-6-10-24(23)25-18-41-31(33-25)36(22-11-12-22)30(40)20(15-28(38)39)13-19-7-3-4-8-19/h5-6,9-10,14,16,18-20,22H,3-4,7-8,11-13,15,17H2,1-2H3,(H,38,39). The maximum Gasteiger partial charge on any atom is 0.304 e. The van der Waals surface area contributed by atoms with Crippen molar-refractivity contribution in [1.82, 2.24) is 9.97 Å². The first-order valence-electron chi connectivity index (χ1n) is 14.4. The Hall–Kier alpha value is -3.79. The number of anilines is 3. The molecule has 1 N–H and O–H groups in total. The molecule has 0 bridgehead atoms. The molecule has 9 nitrogen and oxygen atoms in total. The fourth-order valence-electron chi connectivity index (χ4n) is 6.20. The SMILES string of the molecule is CN1CC(=O)N(C)c2cc(-c3ccccc3-c3csc(N(C(=O)C(CC(=O)O)CC4CCCC4)C4CC4)n3)cnc21. The summed E-state index contributed by atoms with van der Waals surface area (Å²) in [7, 11) is 3.63. The third-order valence-corrected chi connectivity index (χ3v) is 9.38. The molecule has 0 spiro atoms. The number of benzene rings is 1. The molecule has 214 valence electrons. The van der Waals surface area contributed by atoms with Gasteiger partial charge < -0.3 is 14.9 Å². The van der Waals surface area contributed by atoms with Crippen LogP contribution in [0.4, 0.5) is 16.6 Å². The summed E-state index contributed by atoms with van der Waals surface area (Å²) >= 11 is 1.43. The Balaban J connectivity index is 1.31. The molecule has 6 rings (SSSR count). The molecule has 1 atom stereocenters. The number of amides is 2. The van der Waals surface area contributed by atoms with Crippen LogP contribution in [-0.4, -0.2) is 59.5 Å². The van der Waals surface area contributed by atoms with E-state index in [1.54, 1.807) is 16.8 Å². The first-order valence-corrected chi connectivity index (χ1v) is 15.3. The van der Waals surface area contributed by atoms with Crippen molar-refractivity contribution in [2.24, 2.45) is 11.8 Å². The van der Waals surface area contributed by atoms with Crippen molar-refractivity contribution < 1.29 is 19.5 Å². The van der Waals surface area contributed by atoms with Crippen molar-refractivity contribution >= 4 is 45.8 Å². The Labute approximate surface area is 243 Å². The molecule has 3 heterocycles. The maximum absolute atomic E-state index is 13.9. The van der Waals surface area contributed by atoms with Gasteiger partial charge in [-0.2, -0.15) is 0 Å². The number of aliphatic carboxylic acids is 1. The molecule has 1 unspecified atom stereocenters. The lowest BCUT2D eigenvalue weighted by atomic mass is 9.90. The van der Waals surface area contributed by atoms with Crippen LogP contribution >= 0.6 is 11.3 Å². The molecule has 3 aromatic rings. The van der Waals surface area contributed by atoms with Gasteiger partial charge in [-0.1, -0.05) is 49.9 Å². The molecule has 10 heteroatoms. The summed E-state index contributed by atoms with van der Waals surface area (Å²) in [6, 6.07) is 10.0. The smallest absolute Gasteiger partial charge is 0.304 e. The second kappa shape index (κ2) is 11.2. The van der Waals surface area contributed by atoms with Gasteiger partial charge in [0, 0.05) is 48.8 Å². The average molecular weight is 574 g/mol. The predicted molar refractivity (Wildman–Crippen MR) is 160 cm³/mol. The van der Waals surface area contributed by atoms with E-state index >= 15 is 0 Å². The molecule has 3 aliphatic rings. The monoisotopic (exact) mass is 573 g/mol. The van der Waals surface area contributed by atoms with E-state index in [0.29, 0.717) is 17.5 Å². The Morgan fingerprint density at radius 3 is 2.56 bits per heavy atom. The molecular formula is C31H35N5O4S. The highest BCUT2D eigenvalue weighted by Gasteiger charge is 2.40. The molecule has 1 aliphatic heterocycles. The molecule has 2 saturated carbocycles. The fraction of sp³-hybridized carbons (Fsp3) is 0.452. The number of thiazole rings is 1. The Morgan fingerprint density at radius 2 is 1.85 bits per heavy atom. The summed E-state index contributed by atoms with van der Waals surface area (Å²) in [6.45, 7) is 0.290. The van der Waals surface area contributed by atoms with Crippen LogP contribution in [0.1, 0.15) is 51.4 Å². The first kappa shape index (κ1) is 27.4. The van der Waals surface area contributed by atoms with E-state index in [-0.39, 0.29) is 30.8 Å². The molecule has 2 aliphatic carbocycles. The van der Waals surface area contributed by atoms with E-state index in [0.717, 1.165) is 72.4 Å². The lowest BCUT2D eigenvalue weighted by Gasteiger charge is -2.32. The number of hydrogen-bond donors (Lipinski definition) is 1. The van der Waals surface area contributed by atoms with Gasteiger partial charge in [0.1, 0.15) is 0 Å². The van der Waals surface area contributed by atoms with Crippen LogP contribution in [0.25, 0.3) is 22.4 Å². The van der Waals surface area contributed by atoms with Crippen molar-refractivity contribution in [2.75, 3.05) is 35.3 Å². The number of likely N-dealkylation sites (N-methyl/N-ethyl adjacent to an activating group) is 2. The van der Waals surface area contributed by atoms with Crippen LogP contribution in [0.5, 0.6) is 0 Å². The van der Waals surface area contributed by atoms with Gasteiger partial charge in [0.2, 0.25) is 11.8 Å². The molecule has 2 amide bonds. The molecule has 0 radical (unpaired) electrons. The maximum atomic E-state index is 13.9. The zero-order valence-electron chi connectivity index (χ0n) is 23.5. The molecule has 0 saturated heterocycles. The highest BCUT2D eigenvalue weighted by molar-refractivity contribution is 7.14. The number of hydrogen-bond acceptors (Lipinski definition) is 7. The van der Waals surface area contributed by atoms with Gasteiger partial charge in [0.05, 0.1) is 24.3 Å². The zero-order chi connectivity index (χ0) is 28.7. The number of pyridine rings is 1. The number of nitrogens with zero attached hydrogens (tertiary/aromatic N) is 5. The van der Waals surface area contributed by atoms with Gasteiger partial charge in [-0.3, -0.25) is 19.3 Å². The second-order valence-corrected chi connectivity index (χ2v) is 12.4. The number of carbonyl (C=O) groups excluding carboxylic acids is 2. The normalized spacial score (nSPS) is 18.0. The van der Waals surface area contributed by atoms with Gasteiger partial charge in [0.15, 0.2) is 10.9 Å². The van der Waals surface area contributed by atoms with E-state index in [2.05, 4.69) is 4.98 Å². The second-order valence-electron chi connectivity index (χ2n) is 11.6. The minimum atomic E-state index is -0.928. The highest BCUT2D eigenvalue weighted by atomic mass is 32.1. The lowest BCUT2D eigenvalue weighted by molar-refractivity contribution is -0.141. The first-order chi connectivity index (χ1) is 19.8. The lowest BCUT2D eigenvalue weighted by Crippen LogP contribution is -2.42. The van der Waals surface area contributed by atoms with E-state index < -0.39 is 11.9 Å². The number of carboxylic acids is 1. The molecular weight excluding hydrogens is 538 g/mol. The largest absolute Gasteiger partial charge is 0.481 e. The van der Waals surface area contributed by atoms with Crippen LogP contribution in [-0.2, 0) is 14.4 Å². The van der Waals surface area contributed by atoms with Crippen LogP contribution in [0, 0.1) is 11.8 Å².